The van der Waals surface area contributed by atoms with Crippen molar-refractivity contribution in [3.05, 3.63) is 29.3 Å². The highest BCUT2D eigenvalue weighted by Crippen LogP contribution is 2.25. The monoisotopic (exact) mass is 321 g/mol. The van der Waals surface area contributed by atoms with Gasteiger partial charge < -0.3 is 10.0 Å². The lowest BCUT2D eigenvalue weighted by molar-refractivity contribution is -0.148. The second kappa shape index (κ2) is 7.68. The van der Waals surface area contributed by atoms with Crippen molar-refractivity contribution in [3.8, 4) is 0 Å². The fourth-order valence-corrected chi connectivity index (χ4v) is 3.79. The quantitative estimate of drug-likeness (QED) is 0.645. The zero-order valence-corrected chi connectivity index (χ0v) is 14.0. The van der Waals surface area contributed by atoms with E-state index in [0.717, 1.165) is 18.6 Å². The van der Waals surface area contributed by atoms with Crippen LogP contribution in [0.3, 0.4) is 0 Å². The molecule has 0 aromatic heterocycles. The number of carboxylic acids is 1. The fraction of sp³-hybridized carbons (Fsp3) is 0.529. The molecular weight excluding hydrogens is 298 g/mol. The van der Waals surface area contributed by atoms with Gasteiger partial charge in [-0.25, -0.2) is 4.79 Å². The average Bonchev–Trinajstić information content (AvgIpc) is 2.95. The summed E-state index contributed by atoms with van der Waals surface area (Å²) in [6.45, 7) is 4.76. The summed E-state index contributed by atoms with van der Waals surface area (Å²) in [5.74, 6) is -0.0251. The summed E-state index contributed by atoms with van der Waals surface area (Å²) in [6.07, 6.45) is 2.58. The Bertz CT molecular complexity index is 559. The molecule has 1 aliphatic rings. The van der Waals surface area contributed by atoms with Gasteiger partial charge in [0.2, 0.25) is 5.91 Å². The summed E-state index contributed by atoms with van der Waals surface area (Å²) >= 11 is 1.76. The topological polar surface area (TPSA) is 57.6 Å². The van der Waals surface area contributed by atoms with Crippen molar-refractivity contribution in [2.75, 3.05) is 12.3 Å². The van der Waals surface area contributed by atoms with Crippen LogP contribution in [0.4, 0.5) is 0 Å². The second-order valence-corrected chi connectivity index (χ2v) is 6.94. The van der Waals surface area contributed by atoms with Crippen LogP contribution in [0.5, 0.6) is 0 Å². The van der Waals surface area contributed by atoms with Gasteiger partial charge in [0, 0.05) is 17.9 Å². The highest BCUT2D eigenvalue weighted by Gasteiger charge is 2.33. The molecule has 1 unspecified atom stereocenters. The molecule has 0 aliphatic carbocycles. The van der Waals surface area contributed by atoms with Crippen molar-refractivity contribution in [2.45, 2.75) is 50.5 Å². The Hall–Kier alpha value is -1.49. The lowest BCUT2D eigenvalue weighted by atomic mass is 10.2. The predicted molar refractivity (Wildman–Crippen MR) is 88.2 cm³/mol. The number of rotatable bonds is 6. The smallest absolute Gasteiger partial charge is 0.326 e. The van der Waals surface area contributed by atoms with Gasteiger partial charge in [-0.2, -0.15) is 0 Å². The fourth-order valence-electron chi connectivity index (χ4n) is 2.83. The lowest BCUT2D eigenvalue weighted by Crippen LogP contribution is -2.40. The summed E-state index contributed by atoms with van der Waals surface area (Å²) in [6, 6.07) is 5.77. The number of carbonyl (C=O) groups is 2. The molecule has 0 bridgehead atoms. The number of carbonyl (C=O) groups excluding carboxylic acids is 1. The van der Waals surface area contributed by atoms with Gasteiger partial charge in [-0.05, 0) is 50.5 Å². The molecule has 0 saturated carbocycles. The Morgan fingerprint density at radius 3 is 2.82 bits per heavy atom. The minimum absolute atomic E-state index is 0.0221. The molecule has 1 aromatic carbocycles. The molecule has 120 valence electrons. The third-order valence-electron chi connectivity index (χ3n) is 3.98. The number of hydrogen-bond acceptors (Lipinski definition) is 3. The van der Waals surface area contributed by atoms with Crippen LogP contribution in [0.25, 0.3) is 0 Å². The number of aliphatic carboxylic acids is 1. The van der Waals surface area contributed by atoms with Crippen LogP contribution in [-0.2, 0) is 9.59 Å². The van der Waals surface area contributed by atoms with Gasteiger partial charge in [0.05, 0.1) is 0 Å². The third-order valence-corrected chi connectivity index (χ3v) is 5.24. The van der Waals surface area contributed by atoms with E-state index in [-0.39, 0.29) is 5.91 Å². The van der Waals surface area contributed by atoms with Gasteiger partial charge >= 0.3 is 5.97 Å². The molecular formula is C17H23NO3S. The van der Waals surface area contributed by atoms with Crippen molar-refractivity contribution in [2.24, 2.45) is 0 Å². The van der Waals surface area contributed by atoms with Crippen molar-refractivity contribution < 1.29 is 14.7 Å². The number of carboxylic acid groups (broad SMARTS) is 1. The standard InChI is InChI=1S/C17H23NO3S/c1-12-7-8-15(13(2)11-12)22-10-4-6-16(19)18-9-3-5-14(18)17(20)21/h7-8,11,14H,3-6,9-10H2,1-2H3,(H,20,21). The maximum absolute atomic E-state index is 12.1. The van der Waals surface area contributed by atoms with Crippen LogP contribution < -0.4 is 0 Å². The molecule has 1 aromatic rings. The number of thioether (sulfide) groups is 1. The second-order valence-electron chi connectivity index (χ2n) is 5.80. The van der Waals surface area contributed by atoms with Crippen LogP contribution in [0.2, 0.25) is 0 Å². The maximum Gasteiger partial charge on any atom is 0.326 e. The van der Waals surface area contributed by atoms with Crippen LogP contribution >= 0.6 is 11.8 Å². The third kappa shape index (κ3) is 4.26. The molecule has 2 rings (SSSR count). The first-order valence-corrected chi connectivity index (χ1v) is 8.70. The average molecular weight is 321 g/mol. The Labute approximate surface area is 135 Å². The first-order chi connectivity index (χ1) is 10.5. The molecule has 22 heavy (non-hydrogen) atoms. The Kier molecular flexibility index (Phi) is 5.89. The van der Waals surface area contributed by atoms with Crippen LogP contribution in [-0.4, -0.2) is 40.2 Å². The number of amides is 1. The van der Waals surface area contributed by atoms with E-state index < -0.39 is 12.0 Å². The molecule has 1 heterocycles. The van der Waals surface area contributed by atoms with Gasteiger partial charge in [0.15, 0.2) is 0 Å². The number of hydrogen-bond donors (Lipinski definition) is 1. The van der Waals surface area contributed by atoms with E-state index in [1.807, 2.05) is 0 Å². The molecule has 4 nitrogen and oxygen atoms in total. The van der Waals surface area contributed by atoms with Crippen molar-refractivity contribution in [1.29, 1.82) is 0 Å². The zero-order valence-electron chi connectivity index (χ0n) is 13.2. The minimum atomic E-state index is -0.879. The summed E-state index contributed by atoms with van der Waals surface area (Å²) in [7, 11) is 0. The minimum Gasteiger partial charge on any atom is -0.480 e. The van der Waals surface area contributed by atoms with Gasteiger partial charge in [-0.3, -0.25) is 4.79 Å². The Morgan fingerprint density at radius 1 is 1.36 bits per heavy atom. The van der Waals surface area contributed by atoms with Crippen molar-refractivity contribution in [3.63, 3.8) is 0 Å². The summed E-state index contributed by atoms with van der Waals surface area (Å²) in [5.41, 5.74) is 2.52. The van der Waals surface area contributed by atoms with Gasteiger partial charge in [0.1, 0.15) is 6.04 Å². The number of aryl methyl sites for hydroxylation is 2. The maximum atomic E-state index is 12.1. The normalized spacial score (nSPS) is 17.7. The largest absolute Gasteiger partial charge is 0.480 e. The van der Waals surface area contributed by atoms with E-state index >= 15 is 0 Å². The first-order valence-electron chi connectivity index (χ1n) is 7.71. The SMILES string of the molecule is Cc1ccc(SCCCC(=O)N2CCCC2C(=O)O)c(C)c1. The molecule has 1 aliphatic heterocycles. The summed E-state index contributed by atoms with van der Waals surface area (Å²) < 4.78 is 0. The van der Waals surface area contributed by atoms with Crippen LogP contribution in [0.15, 0.2) is 23.1 Å². The Balaban J connectivity index is 1.76. The molecule has 1 amide bonds. The van der Waals surface area contributed by atoms with E-state index in [4.69, 9.17) is 5.11 Å². The Morgan fingerprint density at radius 2 is 2.14 bits per heavy atom. The van der Waals surface area contributed by atoms with Crippen LogP contribution in [0, 0.1) is 13.8 Å². The van der Waals surface area contributed by atoms with Gasteiger partial charge in [-0.15, -0.1) is 11.8 Å². The lowest BCUT2D eigenvalue weighted by Gasteiger charge is -2.21. The highest BCUT2D eigenvalue weighted by atomic mass is 32.2. The van der Waals surface area contributed by atoms with E-state index in [1.165, 1.54) is 20.9 Å². The molecule has 1 fully saturated rings. The van der Waals surface area contributed by atoms with Gasteiger partial charge in [-0.1, -0.05) is 17.7 Å². The van der Waals surface area contributed by atoms with E-state index in [1.54, 1.807) is 11.8 Å². The predicted octanol–water partition coefficient (Wildman–Crippen LogP) is 3.25. The molecule has 0 radical (unpaired) electrons. The van der Waals surface area contributed by atoms with E-state index in [0.29, 0.717) is 19.4 Å². The molecule has 1 N–H and O–H groups in total. The number of benzene rings is 1. The van der Waals surface area contributed by atoms with Crippen molar-refractivity contribution in [1.82, 2.24) is 4.90 Å². The molecule has 5 heteroatoms. The van der Waals surface area contributed by atoms with Crippen LogP contribution in [0.1, 0.15) is 36.8 Å². The first kappa shape index (κ1) is 16.9. The van der Waals surface area contributed by atoms with E-state index in [2.05, 4.69) is 32.0 Å². The molecule has 0 spiro atoms. The molecule has 1 atom stereocenters. The van der Waals surface area contributed by atoms with E-state index in [9.17, 15) is 9.59 Å². The highest BCUT2D eigenvalue weighted by molar-refractivity contribution is 7.99. The summed E-state index contributed by atoms with van der Waals surface area (Å²) in [4.78, 5) is 26.0. The number of likely N-dealkylation sites (tertiary alicyclic amines) is 1. The zero-order chi connectivity index (χ0) is 16.1. The van der Waals surface area contributed by atoms with Crippen molar-refractivity contribution >= 4 is 23.6 Å². The summed E-state index contributed by atoms with van der Waals surface area (Å²) in [5, 5.41) is 9.11. The molecule has 1 saturated heterocycles. The number of nitrogens with zero attached hydrogens (tertiary/aromatic N) is 1. The van der Waals surface area contributed by atoms with Gasteiger partial charge in [0.25, 0.3) is 0 Å².